The zero-order chi connectivity index (χ0) is 15.3. The summed E-state index contributed by atoms with van der Waals surface area (Å²) in [5.41, 5.74) is 1.44. The Morgan fingerprint density at radius 2 is 1.86 bits per heavy atom. The van der Waals surface area contributed by atoms with E-state index in [1.54, 1.807) is 44.2 Å². The van der Waals surface area contributed by atoms with Gasteiger partial charge in [0.1, 0.15) is 12.0 Å². The molecule has 0 saturated heterocycles. The summed E-state index contributed by atoms with van der Waals surface area (Å²) < 4.78 is 28.7. The number of hydrogen-bond donors (Lipinski definition) is 0. The van der Waals surface area contributed by atoms with Crippen LogP contribution in [0.25, 0.3) is 11.3 Å². The number of hydrogen-bond acceptors (Lipinski definition) is 5. The quantitative estimate of drug-likeness (QED) is 0.577. The lowest BCUT2D eigenvalue weighted by atomic mass is 10.1. The van der Waals surface area contributed by atoms with Gasteiger partial charge in [-0.15, -0.1) is 0 Å². The molecule has 0 aliphatic rings. The molecular formula is C15H17O5P. The Balaban J connectivity index is 2.35. The molecule has 112 valence electrons. The van der Waals surface area contributed by atoms with Crippen LogP contribution in [-0.4, -0.2) is 19.5 Å². The zero-order valence-electron chi connectivity index (χ0n) is 11.9. The third-order valence-corrected chi connectivity index (χ3v) is 4.74. The molecular weight excluding hydrogens is 291 g/mol. The van der Waals surface area contributed by atoms with Crippen molar-refractivity contribution in [3.63, 3.8) is 0 Å². The summed E-state index contributed by atoms with van der Waals surface area (Å²) in [5, 5.41) is 0. The molecule has 0 aliphatic heterocycles. The number of benzene rings is 1. The van der Waals surface area contributed by atoms with Gasteiger partial charge in [-0.3, -0.25) is 9.36 Å². The van der Waals surface area contributed by atoms with Crippen molar-refractivity contribution >= 4 is 19.4 Å². The Bertz CT molecular complexity index is 652. The summed E-state index contributed by atoms with van der Waals surface area (Å²) in [6.07, 6.45) is 0.763. The molecule has 0 saturated carbocycles. The van der Waals surface area contributed by atoms with Crippen molar-refractivity contribution in [3.8, 4) is 11.3 Å². The van der Waals surface area contributed by atoms with Crippen LogP contribution in [0.1, 0.15) is 24.2 Å². The summed E-state index contributed by atoms with van der Waals surface area (Å²) in [6.45, 7) is 3.99. The molecule has 1 aromatic heterocycles. The summed E-state index contributed by atoms with van der Waals surface area (Å²) in [6, 6.07) is 10.2. The molecule has 1 heterocycles. The highest BCUT2D eigenvalue weighted by atomic mass is 31.2. The van der Waals surface area contributed by atoms with Gasteiger partial charge in [-0.05, 0) is 32.0 Å². The molecule has 0 unspecified atom stereocenters. The van der Waals surface area contributed by atoms with Crippen LogP contribution in [0, 0.1) is 0 Å². The van der Waals surface area contributed by atoms with E-state index in [0.717, 1.165) is 11.8 Å². The average Bonchev–Trinajstić information content (AvgIpc) is 2.98. The lowest BCUT2D eigenvalue weighted by Gasteiger charge is -2.13. The highest BCUT2D eigenvalue weighted by molar-refractivity contribution is 7.61. The first-order valence-corrected chi connectivity index (χ1v) is 8.22. The van der Waals surface area contributed by atoms with E-state index in [1.165, 1.54) is 0 Å². The Morgan fingerprint density at radius 1 is 1.14 bits per heavy atom. The number of aldehydes is 1. The minimum atomic E-state index is -3.43. The minimum Gasteiger partial charge on any atom is -0.448 e. The molecule has 0 radical (unpaired) electrons. The maximum atomic E-state index is 12.6. The lowest BCUT2D eigenvalue weighted by Crippen LogP contribution is -2.08. The van der Waals surface area contributed by atoms with Gasteiger partial charge in [-0.1, -0.05) is 18.2 Å². The molecule has 0 aliphatic carbocycles. The second-order valence-electron chi connectivity index (χ2n) is 4.21. The van der Waals surface area contributed by atoms with E-state index in [1.807, 2.05) is 6.07 Å². The van der Waals surface area contributed by atoms with Gasteiger partial charge in [0, 0.05) is 11.1 Å². The van der Waals surface area contributed by atoms with E-state index in [2.05, 4.69) is 0 Å². The molecule has 2 aromatic rings. The summed E-state index contributed by atoms with van der Waals surface area (Å²) in [5.74, 6) is 0.508. The van der Waals surface area contributed by atoms with E-state index >= 15 is 0 Å². The van der Waals surface area contributed by atoms with Crippen molar-refractivity contribution in [1.82, 2.24) is 0 Å². The summed E-state index contributed by atoms with van der Waals surface area (Å²) in [7, 11) is -3.43. The van der Waals surface area contributed by atoms with Crippen molar-refractivity contribution in [1.29, 1.82) is 0 Å². The van der Waals surface area contributed by atoms with E-state index in [4.69, 9.17) is 13.5 Å². The first-order valence-electron chi connectivity index (χ1n) is 6.68. The number of rotatable bonds is 7. The first kappa shape index (κ1) is 15.7. The molecule has 0 bridgehead atoms. The maximum absolute atomic E-state index is 12.6. The highest BCUT2D eigenvalue weighted by Gasteiger charge is 2.30. The van der Waals surface area contributed by atoms with Gasteiger partial charge < -0.3 is 13.5 Å². The molecule has 2 rings (SSSR count). The van der Waals surface area contributed by atoms with Crippen LogP contribution in [0.2, 0.25) is 0 Å². The highest BCUT2D eigenvalue weighted by Crippen LogP contribution is 2.47. The lowest BCUT2D eigenvalue weighted by molar-refractivity contribution is 0.112. The van der Waals surface area contributed by atoms with Gasteiger partial charge in [0.25, 0.3) is 0 Å². The second-order valence-corrected chi connectivity index (χ2v) is 6.17. The van der Waals surface area contributed by atoms with Crippen LogP contribution < -0.4 is 5.50 Å². The second kappa shape index (κ2) is 6.85. The molecule has 0 N–H and O–H groups in total. The molecule has 6 heteroatoms. The van der Waals surface area contributed by atoms with Crippen LogP contribution in [-0.2, 0) is 13.6 Å². The van der Waals surface area contributed by atoms with Gasteiger partial charge in [0.15, 0.2) is 0 Å². The van der Waals surface area contributed by atoms with E-state index in [9.17, 15) is 9.36 Å². The van der Waals surface area contributed by atoms with E-state index in [0.29, 0.717) is 11.3 Å². The van der Waals surface area contributed by atoms with E-state index in [-0.39, 0.29) is 18.7 Å². The fraction of sp³-hybridized carbons (Fsp3) is 0.267. The standard InChI is InChI=1S/C15H17O5P/c1-3-18-21(17,19-4-2)15-9-8-14(20-15)13-7-5-6-12(10-13)11-16/h5-11H,3-4H2,1-2H3. The van der Waals surface area contributed by atoms with Gasteiger partial charge in [-0.25, -0.2) is 0 Å². The van der Waals surface area contributed by atoms with Crippen LogP contribution in [0.3, 0.4) is 0 Å². The first-order chi connectivity index (χ1) is 10.1. The average molecular weight is 308 g/mol. The maximum Gasteiger partial charge on any atom is 0.396 e. The van der Waals surface area contributed by atoms with Crippen molar-refractivity contribution in [2.75, 3.05) is 13.2 Å². The SMILES string of the molecule is CCOP(=O)(OCC)c1ccc(-c2cccc(C=O)c2)o1. The Kier molecular flexibility index (Phi) is 5.12. The van der Waals surface area contributed by atoms with Crippen molar-refractivity contribution < 1.29 is 22.8 Å². The van der Waals surface area contributed by atoms with Gasteiger partial charge >= 0.3 is 7.60 Å². The van der Waals surface area contributed by atoms with Crippen LogP contribution in [0.15, 0.2) is 40.8 Å². The molecule has 21 heavy (non-hydrogen) atoms. The smallest absolute Gasteiger partial charge is 0.396 e. The molecule has 0 atom stereocenters. The van der Waals surface area contributed by atoms with Crippen molar-refractivity contribution in [2.45, 2.75) is 13.8 Å². The number of furan rings is 1. The molecule has 0 amide bonds. The third kappa shape index (κ3) is 3.50. The fourth-order valence-corrected chi connectivity index (χ4v) is 3.38. The molecule has 1 aromatic carbocycles. The number of carbonyl (C=O) groups is 1. The summed E-state index contributed by atoms with van der Waals surface area (Å²) >= 11 is 0. The van der Waals surface area contributed by atoms with Gasteiger partial charge in [0.2, 0.25) is 5.50 Å². The van der Waals surface area contributed by atoms with Crippen LogP contribution in [0.5, 0.6) is 0 Å². The monoisotopic (exact) mass is 308 g/mol. The Labute approximate surface area is 123 Å². The predicted molar refractivity (Wildman–Crippen MR) is 80.0 cm³/mol. The zero-order valence-corrected chi connectivity index (χ0v) is 12.8. The van der Waals surface area contributed by atoms with Gasteiger partial charge in [0.05, 0.1) is 13.2 Å². The fourth-order valence-electron chi connectivity index (χ4n) is 1.90. The van der Waals surface area contributed by atoms with Crippen LogP contribution in [0.4, 0.5) is 0 Å². The largest absolute Gasteiger partial charge is 0.448 e. The molecule has 5 nitrogen and oxygen atoms in total. The minimum absolute atomic E-state index is 0.165. The summed E-state index contributed by atoms with van der Waals surface area (Å²) in [4.78, 5) is 10.8. The number of carbonyl (C=O) groups excluding carboxylic acids is 1. The normalized spacial score (nSPS) is 11.5. The van der Waals surface area contributed by atoms with Crippen molar-refractivity contribution in [2.24, 2.45) is 0 Å². The Hall–Kier alpha value is -1.68. The van der Waals surface area contributed by atoms with Crippen molar-refractivity contribution in [3.05, 3.63) is 42.0 Å². The topological polar surface area (TPSA) is 65.7 Å². The molecule has 0 fully saturated rings. The Morgan fingerprint density at radius 3 is 2.48 bits per heavy atom. The molecule has 0 spiro atoms. The van der Waals surface area contributed by atoms with Gasteiger partial charge in [-0.2, -0.15) is 0 Å². The predicted octanol–water partition coefficient (Wildman–Crippen LogP) is 3.65. The third-order valence-electron chi connectivity index (χ3n) is 2.77. The van der Waals surface area contributed by atoms with Crippen LogP contribution >= 0.6 is 7.60 Å². The van der Waals surface area contributed by atoms with E-state index < -0.39 is 7.60 Å².